The highest BCUT2D eigenvalue weighted by atomic mass is 16.5. The third-order valence-electron chi connectivity index (χ3n) is 7.16. The van der Waals surface area contributed by atoms with E-state index in [4.69, 9.17) is 9.47 Å². The molecule has 1 saturated heterocycles. The van der Waals surface area contributed by atoms with Gasteiger partial charge in [0, 0.05) is 37.2 Å². The standard InChI is InChI=1S/C29H30N4O6/c1-38-17-23(35)32-14-12-19(13-15-32)30-28(36)26-27(39-2)24-25(31-26)20-10-6-7-11-21(20)33(29(24)37)16-22(34)18-8-4-3-5-9-18/h3-11,19,31H,12-17H2,1-2H3,(H,30,36). The Morgan fingerprint density at radius 2 is 1.69 bits per heavy atom. The molecule has 10 nitrogen and oxygen atoms in total. The monoisotopic (exact) mass is 530 g/mol. The number of rotatable bonds is 8. The van der Waals surface area contributed by atoms with E-state index in [1.54, 1.807) is 41.3 Å². The van der Waals surface area contributed by atoms with Gasteiger partial charge in [-0.2, -0.15) is 0 Å². The molecule has 0 spiro atoms. The average Bonchev–Trinajstić information content (AvgIpc) is 3.36. The Balaban J connectivity index is 1.48. The van der Waals surface area contributed by atoms with Crippen molar-refractivity contribution in [3.05, 3.63) is 76.2 Å². The number of hydrogen-bond donors (Lipinski definition) is 2. The third kappa shape index (κ3) is 5.03. The third-order valence-corrected chi connectivity index (χ3v) is 7.16. The fourth-order valence-electron chi connectivity index (χ4n) is 5.18. The number of methoxy groups -OCH3 is 2. The number of nitrogens with zero attached hydrogens (tertiary/aromatic N) is 2. The zero-order valence-electron chi connectivity index (χ0n) is 21.9. The second kappa shape index (κ2) is 11.1. The van der Waals surface area contributed by atoms with Crippen LogP contribution >= 0.6 is 0 Å². The highest BCUT2D eigenvalue weighted by Gasteiger charge is 2.28. The normalized spacial score (nSPS) is 14.1. The van der Waals surface area contributed by atoms with Crippen LogP contribution in [0, 0.1) is 0 Å². The summed E-state index contributed by atoms with van der Waals surface area (Å²) >= 11 is 0. The summed E-state index contributed by atoms with van der Waals surface area (Å²) in [6.07, 6.45) is 1.20. The summed E-state index contributed by atoms with van der Waals surface area (Å²) < 4.78 is 12.0. The van der Waals surface area contributed by atoms with Gasteiger partial charge in [0.25, 0.3) is 11.5 Å². The second-order valence-electron chi connectivity index (χ2n) is 9.54. The van der Waals surface area contributed by atoms with E-state index in [1.807, 2.05) is 18.2 Å². The number of ether oxygens (including phenoxy) is 2. The lowest BCUT2D eigenvalue weighted by Gasteiger charge is -2.32. The first kappa shape index (κ1) is 26.2. The summed E-state index contributed by atoms with van der Waals surface area (Å²) in [6.45, 7) is 0.908. The molecule has 0 aliphatic carbocycles. The van der Waals surface area contributed by atoms with Crippen LogP contribution in [0.5, 0.6) is 5.75 Å². The van der Waals surface area contributed by atoms with Gasteiger partial charge in [-0.25, -0.2) is 0 Å². The lowest BCUT2D eigenvalue weighted by Crippen LogP contribution is -2.47. The van der Waals surface area contributed by atoms with Gasteiger partial charge in [-0.05, 0) is 18.9 Å². The Bertz CT molecular complexity index is 1600. The smallest absolute Gasteiger partial charge is 0.271 e. The fraction of sp³-hybridized carbons (Fsp3) is 0.310. The molecule has 0 saturated carbocycles. The molecule has 10 heteroatoms. The number of carbonyl (C=O) groups is 3. The first-order valence-corrected chi connectivity index (χ1v) is 12.8. The van der Waals surface area contributed by atoms with Gasteiger partial charge in [0.2, 0.25) is 5.91 Å². The quantitative estimate of drug-likeness (QED) is 0.338. The number of piperidine rings is 1. The van der Waals surface area contributed by atoms with Crippen LogP contribution in [0.2, 0.25) is 0 Å². The Morgan fingerprint density at radius 1 is 1.00 bits per heavy atom. The molecule has 0 bridgehead atoms. The van der Waals surface area contributed by atoms with E-state index in [0.717, 1.165) is 0 Å². The molecular weight excluding hydrogens is 500 g/mol. The molecule has 1 aliphatic heterocycles. The van der Waals surface area contributed by atoms with Crippen LogP contribution in [0.15, 0.2) is 59.4 Å². The molecule has 202 valence electrons. The number of fused-ring (bicyclic) bond motifs is 3. The molecule has 39 heavy (non-hydrogen) atoms. The average molecular weight is 531 g/mol. The summed E-state index contributed by atoms with van der Waals surface area (Å²) in [5, 5.41) is 3.92. The van der Waals surface area contributed by atoms with Crippen molar-refractivity contribution in [2.75, 3.05) is 33.9 Å². The van der Waals surface area contributed by atoms with Crippen molar-refractivity contribution < 1.29 is 23.9 Å². The van der Waals surface area contributed by atoms with Crippen molar-refractivity contribution in [1.29, 1.82) is 0 Å². The Morgan fingerprint density at radius 3 is 2.38 bits per heavy atom. The minimum absolute atomic E-state index is 0.0335. The van der Waals surface area contributed by atoms with Crippen molar-refractivity contribution in [3.63, 3.8) is 0 Å². The molecule has 2 N–H and O–H groups in total. The molecular formula is C29H30N4O6. The molecule has 4 aromatic rings. The summed E-state index contributed by atoms with van der Waals surface area (Å²) in [5.41, 5.74) is 1.26. The van der Waals surface area contributed by atoms with Gasteiger partial charge >= 0.3 is 0 Å². The number of pyridine rings is 1. The molecule has 1 fully saturated rings. The SMILES string of the molecule is COCC(=O)N1CCC(NC(=O)c2[nH]c3c(c2OC)c(=O)n(CC(=O)c2ccccc2)c2ccccc32)CC1. The summed E-state index contributed by atoms with van der Waals surface area (Å²) in [6, 6.07) is 15.9. The lowest BCUT2D eigenvalue weighted by atomic mass is 10.0. The van der Waals surface area contributed by atoms with E-state index >= 15 is 0 Å². The first-order valence-electron chi connectivity index (χ1n) is 12.8. The van der Waals surface area contributed by atoms with E-state index in [0.29, 0.717) is 47.9 Å². The number of carbonyl (C=O) groups excluding carboxylic acids is 3. The summed E-state index contributed by atoms with van der Waals surface area (Å²) in [5.74, 6) is -0.551. The Hall–Kier alpha value is -4.44. The van der Waals surface area contributed by atoms with Gasteiger partial charge in [-0.1, -0.05) is 48.5 Å². The van der Waals surface area contributed by atoms with Crippen LogP contribution in [0.4, 0.5) is 0 Å². The fourth-order valence-corrected chi connectivity index (χ4v) is 5.18. The van der Waals surface area contributed by atoms with Gasteiger partial charge in [-0.3, -0.25) is 23.7 Å². The van der Waals surface area contributed by atoms with Crippen molar-refractivity contribution in [2.24, 2.45) is 0 Å². The van der Waals surface area contributed by atoms with E-state index in [1.165, 1.54) is 18.8 Å². The Labute approximate surface area is 224 Å². The number of nitrogens with one attached hydrogen (secondary N) is 2. The first-order chi connectivity index (χ1) is 18.9. The van der Waals surface area contributed by atoms with Gasteiger partial charge in [0.05, 0.1) is 24.7 Å². The van der Waals surface area contributed by atoms with E-state index < -0.39 is 11.5 Å². The maximum Gasteiger partial charge on any atom is 0.271 e. The number of hydrogen-bond acceptors (Lipinski definition) is 6. The number of Topliss-reactive ketones (excluding diaryl/α,β-unsaturated/α-hetero) is 1. The van der Waals surface area contributed by atoms with E-state index in [-0.39, 0.29) is 47.7 Å². The van der Waals surface area contributed by atoms with Crippen molar-refractivity contribution >= 4 is 39.4 Å². The number of para-hydroxylation sites is 1. The van der Waals surface area contributed by atoms with E-state index in [2.05, 4.69) is 10.3 Å². The highest BCUT2D eigenvalue weighted by molar-refractivity contribution is 6.11. The predicted molar refractivity (Wildman–Crippen MR) is 146 cm³/mol. The highest BCUT2D eigenvalue weighted by Crippen LogP contribution is 2.32. The van der Waals surface area contributed by atoms with Gasteiger partial charge in [0.15, 0.2) is 11.5 Å². The molecule has 5 rings (SSSR count). The van der Waals surface area contributed by atoms with E-state index in [9.17, 15) is 19.2 Å². The van der Waals surface area contributed by atoms with Crippen LogP contribution in [-0.4, -0.2) is 72.0 Å². The van der Waals surface area contributed by atoms with Crippen LogP contribution < -0.4 is 15.6 Å². The maximum absolute atomic E-state index is 13.8. The molecule has 0 radical (unpaired) electrons. The van der Waals surface area contributed by atoms with Crippen LogP contribution in [0.1, 0.15) is 33.7 Å². The van der Waals surface area contributed by atoms with Gasteiger partial charge < -0.3 is 24.7 Å². The molecule has 0 atom stereocenters. The lowest BCUT2D eigenvalue weighted by molar-refractivity contribution is -0.136. The molecule has 0 unspecified atom stereocenters. The zero-order chi connectivity index (χ0) is 27.5. The largest absolute Gasteiger partial charge is 0.493 e. The predicted octanol–water partition coefficient (Wildman–Crippen LogP) is 2.74. The van der Waals surface area contributed by atoms with Crippen molar-refractivity contribution in [1.82, 2.24) is 19.8 Å². The number of aromatic nitrogens is 2. The molecule has 2 amide bonds. The number of aromatic amines is 1. The number of ketones is 1. The molecule has 2 aromatic carbocycles. The maximum atomic E-state index is 13.8. The topological polar surface area (TPSA) is 123 Å². The van der Waals surface area contributed by atoms with Crippen LogP contribution in [0.3, 0.4) is 0 Å². The summed E-state index contributed by atoms with van der Waals surface area (Å²) in [4.78, 5) is 57.2. The second-order valence-corrected chi connectivity index (χ2v) is 9.54. The van der Waals surface area contributed by atoms with Crippen LogP contribution in [0.25, 0.3) is 21.8 Å². The van der Waals surface area contributed by atoms with Crippen LogP contribution in [-0.2, 0) is 16.1 Å². The Kier molecular flexibility index (Phi) is 7.47. The van der Waals surface area contributed by atoms with Gasteiger partial charge in [0.1, 0.15) is 17.7 Å². The molecule has 1 aliphatic rings. The van der Waals surface area contributed by atoms with Gasteiger partial charge in [-0.15, -0.1) is 0 Å². The minimum Gasteiger partial charge on any atom is -0.493 e. The van der Waals surface area contributed by atoms with Crippen molar-refractivity contribution in [2.45, 2.75) is 25.4 Å². The zero-order valence-corrected chi connectivity index (χ0v) is 21.9. The van der Waals surface area contributed by atoms with Crippen molar-refractivity contribution in [3.8, 4) is 5.75 Å². The molecule has 3 heterocycles. The minimum atomic E-state index is -0.426. The summed E-state index contributed by atoms with van der Waals surface area (Å²) in [7, 11) is 2.89. The number of likely N-dealkylation sites (tertiary alicyclic amines) is 1. The number of amides is 2. The number of benzene rings is 2. The molecule has 2 aromatic heterocycles. The number of H-pyrrole nitrogens is 1.